The van der Waals surface area contributed by atoms with Gasteiger partial charge < -0.3 is 4.90 Å². The fourth-order valence-electron chi connectivity index (χ4n) is 1.19. The Morgan fingerprint density at radius 3 is 2.89 bits per heavy atom. The summed E-state index contributed by atoms with van der Waals surface area (Å²) in [6.07, 6.45) is 1.27. The predicted molar refractivity (Wildman–Crippen MR) is 38.6 cm³/mol. The lowest BCUT2D eigenvalue weighted by Crippen LogP contribution is -2.32. The van der Waals surface area contributed by atoms with Crippen LogP contribution in [-0.2, 0) is 0 Å². The van der Waals surface area contributed by atoms with Gasteiger partial charge in [-0.2, -0.15) is 0 Å². The highest BCUT2D eigenvalue weighted by molar-refractivity contribution is 4.77. The summed E-state index contributed by atoms with van der Waals surface area (Å²) in [5.41, 5.74) is 0. The maximum atomic E-state index is 4.29. The number of hydrogen-bond acceptors (Lipinski definition) is 1. The minimum absolute atomic E-state index is 0.745. The SMILES string of the molecule is CCN(C)[C@@H]1CC[N]C1. The molecule has 0 amide bonds. The van der Waals surface area contributed by atoms with E-state index in [0.29, 0.717) is 0 Å². The van der Waals surface area contributed by atoms with Crippen molar-refractivity contribution in [1.29, 1.82) is 0 Å². The smallest absolute Gasteiger partial charge is 0.0290 e. The number of nitrogens with zero attached hydrogens (tertiary/aromatic N) is 2. The predicted octanol–water partition coefficient (Wildman–Crippen LogP) is 0.315. The molecular weight excluding hydrogens is 112 g/mol. The Morgan fingerprint density at radius 1 is 1.67 bits per heavy atom. The van der Waals surface area contributed by atoms with Gasteiger partial charge in [0.05, 0.1) is 0 Å². The van der Waals surface area contributed by atoms with Crippen molar-refractivity contribution in [3.63, 3.8) is 0 Å². The highest BCUT2D eigenvalue weighted by atomic mass is 15.2. The van der Waals surface area contributed by atoms with Gasteiger partial charge in [0.2, 0.25) is 0 Å². The maximum Gasteiger partial charge on any atom is 0.0290 e. The van der Waals surface area contributed by atoms with Gasteiger partial charge in [-0.05, 0) is 20.0 Å². The Labute approximate surface area is 57.2 Å². The molecule has 0 saturated carbocycles. The van der Waals surface area contributed by atoms with Crippen molar-refractivity contribution in [2.45, 2.75) is 19.4 Å². The zero-order valence-corrected chi connectivity index (χ0v) is 6.30. The molecule has 1 aliphatic rings. The van der Waals surface area contributed by atoms with E-state index in [1.807, 2.05) is 0 Å². The Bertz CT molecular complexity index is 77.0. The summed E-state index contributed by atoms with van der Waals surface area (Å²) < 4.78 is 0. The molecule has 0 unspecified atom stereocenters. The highest BCUT2D eigenvalue weighted by Gasteiger charge is 2.17. The molecule has 9 heavy (non-hydrogen) atoms. The van der Waals surface area contributed by atoms with Gasteiger partial charge in [-0.15, -0.1) is 0 Å². The van der Waals surface area contributed by atoms with E-state index in [9.17, 15) is 0 Å². The second-order valence-corrected chi connectivity index (χ2v) is 2.65. The van der Waals surface area contributed by atoms with Gasteiger partial charge in [-0.25, -0.2) is 5.32 Å². The van der Waals surface area contributed by atoms with Crippen LogP contribution in [0.25, 0.3) is 0 Å². The normalized spacial score (nSPS) is 27.7. The first-order valence-electron chi connectivity index (χ1n) is 3.68. The van der Waals surface area contributed by atoms with Gasteiger partial charge in [0.1, 0.15) is 0 Å². The van der Waals surface area contributed by atoms with Crippen molar-refractivity contribution in [2.75, 3.05) is 26.7 Å². The Hall–Kier alpha value is -0.0800. The van der Waals surface area contributed by atoms with Gasteiger partial charge in [-0.1, -0.05) is 6.92 Å². The lowest BCUT2D eigenvalue weighted by molar-refractivity contribution is 0.270. The molecule has 1 saturated heterocycles. The molecule has 0 bridgehead atoms. The van der Waals surface area contributed by atoms with E-state index in [2.05, 4.69) is 24.2 Å². The van der Waals surface area contributed by atoms with Crippen LogP contribution in [0.5, 0.6) is 0 Å². The molecule has 0 aliphatic carbocycles. The topological polar surface area (TPSA) is 17.3 Å². The van der Waals surface area contributed by atoms with Crippen molar-refractivity contribution >= 4 is 0 Å². The molecule has 1 heterocycles. The molecule has 1 atom stereocenters. The van der Waals surface area contributed by atoms with Crippen LogP contribution in [0.2, 0.25) is 0 Å². The maximum absolute atomic E-state index is 4.29. The highest BCUT2D eigenvalue weighted by Crippen LogP contribution is 2.05. The van der Waals surface area contributed by atoms with Crippen molar-refractivity contribution in [3.05, 3.63) is 0 Å². The van der Waals surface area contributed by atoms with Gasteiger partial charge in [0.25, 0.3) is 0 Å². The van der Waals surface area contributed by atoms with E-state index < -0.39 is 0 Å². The van der Waals surface area contributed by atoms with Crippen LogP contribution < -0.4 is 5.32 Å². The number of likely N-dealkylation sites (N-methyl/N-ethyl adjacent to an activating group) is 1. The van der Waals surface area contributed by atoms with Crippen molar-refractivity contribution < 1.29 is 0 Å². The van der Waals surface area contributed by atoms with Gasteiger partial charge in [0.15, 0.2) is 0 Å². The van der Waals surface area contributed by atoms with E-state index in [1.165, 1.54) is 6.42 Å². The molecule has 53 valence electrons. The molecule has 1 radical (unpaired) electrons. The Kier molecular flexibility index (Phi) is 2.49. The molecule has 0 aromatic rings. The molecule has 0 aromatic carbocycles. The van der Waals surface area contributed by atoms with E-state index >= 15 is 0 Å². The number of hydrogen-bond donors (Lipinski definition) is 0. The minimum Gasteiger partial charge on any atom is -0.302 e. The quantitative estimate of drug-likeness (QED) is 0.522. The summed E-state index contributed by atoms with van der Waals surface area (Å²) in [5.74, 6) is 0. The summed E-state index contributed by atoms with van der Waals surface area (Å²) in [4.78, 5) is 2.37. The Balaban J connectivity index is 2.24. The summed E-state index contributed by atoms with van der Waals surface area (Å²) >= 11 is 0. The molecule has 2 nitrogen and oxygen atoms in total. The summed E-state index contributed by atoms with van der Waals surface area (Å²) in [5, 5.41) is 4.29. The summed E-state index contributed by atoms with van der Waals surface area (Å²) in [7, 11) is 2.17. The lowest BCUT2D eigenvalue weighted by Gasteiger charge is -2.20. The zero-order chi connectivity index (χ0) is 6.69. The third-order valence-corrected chi connectivity index (χ3v) is 2.08. The number of rotatable bonds is 2. The monoisotopic (exact) mass is 127 g/mol. The van der Waals surface area contributed by atoms with Crippen LogP contribution in [-0.4, -0.2) is 37.6 Å². The zero-order valence-electron chi connectivity index (χ0n) is 6.30. The fraction of sp³-hybridized carbons (Fsp3) is 1.00. The summed E-state index contributed by atoms with van der Waals surface area (Å²) in [6.45, 7) is 5.48. The van der Waals surface area contributed by atoms with E-state index in [-0.39, 0.29) is 0 Å². The van der Waals surface area contributed by atoms with Crippen molar-refractivity contribution in [2.24, 2.45) is 0 Å². The van der Waals surface area contributed by atoms with Gasteiger partial charge >= 0.3 is 0 Å². The molecule has 1 aliphatic heterocycles. The van der Waals surface area contributed by atoms with Crippen LogP contribution >= 0.6 is 0 Å². The fourth-order valence-corrected chi connectivity index (χ4v) is 1.19. The van der Waals surface area contributed by atoms with Gasteiger partial charge in [-0.3, -0.25) is 0 Å². The second-order valence-electron chi connectivity index (χ2n) is 2.65. The van der Waals surface area contributed by atoms with Crippen LogP contribution in [0.1, 0.15) is 13.3 Å². The lowest BCUT2D eigenvalue weighted by atomic mass is 10.2. The first kappa shape index (κ1) is 7.03. The first-order chi connectivity index (χ1) is 4.34. The largest absolute Gasteiger partial charge is 0.302 e. The average Bonchev–Trinajstić information content (AvgIpc) is 2.37. The second kappa shape index (κ2) is 3.18. The molecular formula is C7H15N2. The van der Waals surface area contributed by atoms with Crippen LogP contribution in [0.4, 0.5) is 0 Å². The molecule has 1 rings (SSSR count). The van der Waals surface area contributed by atoms with Crippen LogP contribution in [0.15, 0.2) is 0 Å². The van der Waals surface area contributed by atoms with Crippen molar-refractivity contribution in [1.82, 2.24) is 10.2 Å². The molecule has 0 N–H and O–H groups in total. The standard InChI is InChI=1S/C7H15N2/c1-3-9(2)7-4-5-8-6-7/h7H,3-6H2,1-2H3/t7-/m1/s1. The van der Waals surface area contributed by atoms with Crippen molar-refractivity contribution in [3.8, 4) is 0 Å². The third-order valence-electron chi connectivity index (χ3n) is 2.08. The van der Waals surface area contributed by atoms with Gasteiger partial charge in [0, 0.05) is 19.1 Å². The first-order valence-corrected chi connectivity index (χ1v) is 3.68. The van der Waals surface area contributed by atoms with E-state index in [0.717, 1.165) is 25.7 Å². The Morgan fingerprint density at radius 2 is 2.44 bits per heavy atom. The van der Waals surface area contributed by atoms with E-state index in [1.54, 1.807) is 0 Å². The minimum atomic E-state index is 0.745. The van der Waals surface area contributed by atoms with Crippen LogP contribution in [0.3, 0.4) is 0 Å². The molecule has 2 heteroatoms. The summed E-state index contributed by atoms with van der Waals surface area (Å²) in [6, 6.07) is 0.745. The van der Waals surface area contributed by atoms with Crippen LogP contribution in [0, 0.1) is 0 Å². The third kappa shape index (κ3) is 1.66. The average molecular weight is 127 g/mol. The molecule has 0 aromatic heterocycles. The molecule has 0 spiro atoms. The molecule has 1 fully saturated rings. The van der Waals surface area contributed by atoms with E-state index in [4.69, 9.17) is 0 Å².